The Labute approximate surface area is 194 Å². The third-order valence-electron chi connectivity index (χ3n) is 7.00. The number of carbonyl (C=O) groups excluding carboxylic acids is 1. The van der Waals surface area contributed by atoms with Crippen LogP contribution in [0.4, 0.5) is 5.95 Å². The molecule has 5 rings (SSSR count). The predicted octanol–water partition coefficient (Wildman–Crippen LogP) is 4.27. The maximum absolute atomic E-state index is 11.9. The number of rotatable bonds is 9. The summed E-state index contributed by atoms with van der Waals surface area (Å²) in [5.74, 6) is 4.26. The molecule has 1 aromatic heterocycles. The molecule has 2 aromatic rings. The number of carbonyl (C=O) groups is 1. The summed E-state index contributed by atoms with van der Waals surface area (Å²) in [6, 6.07) is 8.39. The Kier molecular flexibility index (Phi) is 6.49. The lowest BCUT2D eigenvalue weighted by Gasteiger charge is -2.32. The number of nitrogens with one attached hydrogen (secondary N) is 1. The molecule has 2 aliphatic carbocycles. The van der Waals surface area contributed by atoms with Crippen LogP contribution in [0.25, 0.3) is 0 Å². The maximum Gasteiger partial charge on any atom is 0.225 e. The molecule has 1 amide bonds. The van der Waals surface area contributed by atoms with Gasteiger partial charge < -0.3 is 15.0 Å². The Morgan fingerprint density at radius 1 is 1.09 bits per heavy atom. The molecule has 32 heavy (non-hydrogen) atoms. The molecule has 1 saturated heterocycles. The quantitative estimate of drug-likeness (QED) is 0.612. The molecule has 7 heteroatoms. The summed E-state index contributed by atoms with van der Waals surface area (Å²) >= 11 is 5.89. The van der Waals surface area contributed by atoms with Crippen molar-refractivity contribution in [2.24, 2.45) is 17.8 Å². The van der Waals surface area contributed by atoms with Crippen LogP contribution >= 0.6 is 11.6 Å². The molecule has 3 fully saturated rings. The van der Waals surface area contributed by atoms with Gasteiger partial charge in [-0.3, -0.25) is 4.79 Å². The fraction of sp³-hybridized carbons (Fsp3) is 0.560. The Morgan fingerprint density at radius 2 is 1.81 bits per heavy atom. The van der Waals surface area contributed by atoms with E-state index in [0.717, 1.165) is 74.0 Å². The number of benzene rings is 1. The molecule has 6 nitrogen and oxygen atoms in total. The van der Waals surface area contributed by atoms with Gasteiger partial charge in [-0.2, -0.15) is 0 Å². The highest BCUT2D eigenvalue weighted by molar-refractivity contribution is 6.30. The Morgan fingerprint density at radius 3 is 2.50 bits per heavy atom. The highest BCUT2D eigenvalue weighted by Crippen LogP contribution is 2.49. The summed E-state index contributed by atoms with van der Waals surface area (Å²) in [5.41, 5.74) is 1.04. The zero-order chi connectivity index (χ0) is 21.9. The molecule has 170 valence electrons. The Hall–Kier alpha value is -2.34. The first-order chi connectivity index (χ1) is 15.6. The fourth-order valence-electron chi connectivity index (χ4n) is 4.90. The Bertz CT molecular complexity index is 909. The molecule has 2 saturated carbocycles. The van der Waals surface area contributed by atoms with Crippen LogP contribution in [0.3, 0.4) is 0 Å². The molecule has 1 unspecified atom stereocenters. The van der Waals surface area contributed by atoms with Crippen LogP contribution in [0.15, 0.2) is 36.7 Å². The topological polar surface area (TPSA) is 67.3 Å². The second-order valence-electron chi connectivity index (χ2n) is 9.49. The Balaban J connectivity index is 0.990. The van der Waals surface area contributed by atoms with Crippen molar-refractivity contribution >= 4 is 23.5 Å². The minimum Gasteiger partial charge on any atom is -0.494 e. The molecule has 1 aromatic carbocycles. The first-order valence-corrected chi connectivity index (χ1v) is 12.3. The molecule has 0 spiro atoms. The van der Waals surface area contributed by atoms with Gasteiger partial charge in [-0.05, 0) is 74.0 Å². The van der Waals surface area contributed by atoms with Gasteiger partial charge in [-0.25, -0.2) is 9.97 Å². The van der Waals surface area contributed by atoms with E-state index in [-0.39, 0.29) is 5.91 Å². The third kappa shape index (κ3) is 5.71. The van der Waals surface area contributed by atoms with Gasteiger partial charge in [-0.15, -0.1) is 0 Å². The normalized spacial score (nSPS) is 23.1. The zero-order valence-corrected chi connectivity index (χ0v) is 19.1. The van der Waals surface area contributed by atoms with Crippen molar-refractivity contribution in [3.8, 4) is 5.75 Å². The van der Waals surface area contributed by atoms with Crippen molar-refractivity contribution in [2.75, 3.05) is 24.6 Å². The van der Waals surface area contributed by atoms with Gasteiger partial charge in [0.1, 0.15) is 5.75 Å². The van der Waals surface area contributed by atoms with Gasteiger partial charge >= 0.3 is 0 Å². The summed E-state index contributed by atoms with van der Waals surface area (Å²) in [7, 11) is 0. The molecule has 1 aliphatic heterocycles. The van der Waals surface area contributed by atoms with E-state index in [1.165, 1.54) is 19.3 Å². The summed E-state index contributed by atoms with van der Waals surface area (Å²) in [5, 5.41) is 3.61. The summed E-state index contributed by atoms with van der Waals surface area (Å²) in [4.78, 5) is 22.9. The van der Waals surface area contributed by atoms with Crippen molar-refractivity contribution in [3.63, 3.8) is 0 Å². The van der Waals surface area contributed by atoms with Gasteiger partial charge in [0.15, 0.2) is 0 Å². The van der Waals surface area contributed by atoms with Crippen molar-refractivity contribution in [1.29, 1.82) is 0 Å². The number of hydrogen-bond donors (Lipinski definition) is 1. The average Bonchev–Trinajstić information content (AvgIpc) is 3.73. The van der Waals surface area contributed by atoms with Crippen molar-refractivity contribution in [1.82, 2.24) is 15.3 Å². The molecular formula is C25H31ClN4O2. The van der Waals surface area contributed by atoms with Crippen LogP contribution in [0, 0.1) is 17.8 Å². The van der Waals surface area contributed by atoms with E-state index in [1.54, 1.807) is 12.4 Å². The van der Waals surface area contributed by atoms with Gasteiger partial charge in [0, 0.05) is 19.1 Å². The lowest BCUT2D eigenvalue weighted by molar-refractivity contribution is -0.120. The van der Waals surface area contributed by atoms with E-state index < -0.39 is 0 Å². The number of piperidine rings is 1. The number of hydrogen-bond acceptors (Lipinski definition) is 5. The van der Waals surface area contributed by atoms with E-state index in [0.29, 0.717) is 17.5 Å². The molecule has 2 heterocycles. The van der Waals surface area contributed by atoms with Crippen LogP contribution in [0.5, 0.6) is 5.75 Å². The predicted molar refractivity (Wildman–Crippen MR) is 125 cm³/mol. The fourth-order valence-corrected chi connectivity index (χ4v) is 5.00. The standard InChI is InChI=1S/C25H31ClN4O2/c26-20-15-27-25(28-16-20)30-10-7-18(8-11-30)23-14-19(23)9-12-32-22-5-1-17(2-6-22)13-24(31)29-21-3-4-21/h1-2,5-6,15-16,18-19,21,23H,3-4,7-14H2,(H,29,31)/t19?,23-/m1/s1. The summed E-state index contributed by atoms with van der Waals surface area (Å²) in [6.07, 6.45) is 10.9. The summed E-state index contributed by atoms with van der Waals surface area (Å²) < 4.78 is 5.98. The number of aromatic nitrogens is 2. The monoisotopic (exact) mass is 454 g/mol. The van der Waals surface area contributed by atoms with Crippen LogP contribution < -0.4 is 15.0 Å². The van der Waals surface area contributed by atoms with Crippen molar-refractivity contribution < 1.29 is 9.53 Å². The second-order valence-corrected chi connectivity index (χ2v) is 9.92. The molecule has 1 N–H and O–H groups in total. The highest BCUT2D eigenvalue weighted by atomic mass is 35.5. The molecular weight excluding hydrogens is 424 g/mol. The number of halogens is 1. The maximum atomic E-state index is 11.9. The first-order valence-electron chi connectivity index (χ1n) is 11.9. The third-order valence-corrected chi connectivity index (χ3v) is 7.19. The number of amides is 1. The van der Waals surface area contributed by atoms with Gasteiger partial charge in [-0.1, -0.05) is 23.7 Å². The lowest BCUT2D eigenvalue weighted by Crippen LogP contribution is -2.35. The average molecular weight is 455 g/mol. The van der Waals surface area contributed by atoms with Gasteiger partial charge in [0.05, 0.1) is 30.4 Å². The van der Waals surface area contributed by atoms with Gasteiger partial charge in [0.2, 0.25) is 11.9 Å². The first kappa shape index (κ1) is 21.5. The molecule has 0 radical (unpaired) electrons. The van der Waals surface area contributed by atoms with E-state index >= 15 is 0 Å². The van der Waals surface area contributed by atoms with E-state index in [9.17, 15) is 4.79 Å². The molecule has 2 atom stereocenters. The number of ether oxygens (including phenoxy) is 1. The minimum absolute atomic E-state index is 0.118. The van der Waals surface area contributed by atoms with Crippen LogP contribution in [0.2, 0.25) is 5.02 Å². The van der Waals surface area contributed by atoms with E-state index in [4.69, 9.17) is 16.3 Å². The van der Waals surface area contributed by atoms with E-state index in [2.05, 4.69) is 20.2 Å². The minimum atomic E-state index is 0.118. The smallest absolute Gasteiger partial charge is 0.225 e. The molecule has 3 aliphatic rings. The van der Waals surface area contributed by atoms with Crippen LogP contribution in [-0.4, -0.2) is 41.6 Å². The van der Waals surface area contributed by atoms with Gasteiger partial charge in [0.25, 0.3) is 0 Å². The van der Waals surface area contributed by atoms with Crippen molar-refractivity contribution in [2.45, 2.75) is 51.0 Å². The largest absolute Gasteiger partial charge is 0.494 e. The van der Waals surface area contributed by atoms with Crippen LogP contribution in [0.1, 0.15) is 44.1 Å². The van der Waals surface area contributed by atoms with E-state index in [1.807, 2.05) is 24.3 Å². The summed E-state index contributed by atoms with van der Waals surface area (Å²) in [6.45, 7) is 2.81. The zero-order valence-electron chi connectivity index (χ0n) is 18.4. The lowest BCUT2D eigenvalue weighted by atomic mass is 9.90. The molecule has 0 bridgehead atoms. The number of nitrogens with zero attached hydrogens (tertiary/aromatic N) is 3. The number of anilines is 1. The van der Waals surface area contributed by atoms with Crippen LogP contribution in [-0.2, 0) is 11.2 Å². The SMILES string of the molecule is O=C(Cc1ccc(OCCC2C[C@@H]2C2CCN(c3ncc(Cl)cn3)CC2)cc1)NC1CC1. The van der Waals surface area contributed by atoms with Crippen molar-refractivity contribution in [3.05, 3.63) is 47.2 Å². The highest BCUT2D eigenvalue weighted by Gasteiger charge is 2.43. The second kappa shape index (κ2) is 9.65.